The van der Waals surface area contributed by atoms with Crippen LogP contribution in [-0.4, -0.2) is 26.8 Å². The van der Waals surface area contributed by atoms with Crippen LogP contribution >= 0.6 is 0 Å². The van der Waals surface area contributed by atoms with E-state index in [0.717, 1.165) is 5.56 Å². The van der Waals surface area contributed by atoms with Gasteiger partial charge in [0.25, 0.3) is 0 Å². The molecular formula is C15H17N3O3. The van der Waals surface area contributed by atoms with E-state index < -0.39 is 12.0 Å². The zero-order valence-electron chi connectivity index (χ0n) is 11.7. The normalized spacial score (nSPS) is 11.9. The fourth-order valence-corrected chi connectivity index (χ4v) is 2.03. The third-order valence-electron chi connectivity index (χ3n) is 3.08. The fraction of sp³-hybridized carbons (Fsp3) is 0.267. The van der Waals surface area contributed by atoms with Gasteiger partial charge >= 0.3 is 5.97 Å². The lowest BCUT2D eigenvalue weighted by Crippen LogP contribution is -2.33. The predicted molar refractivity (Wildman–Crippen MR) is 76.5 cm³/mol. The summed E-state index contributed by atoms with van der Waals surface area (Å²) in [6.45, 7) is 0. The highest BCUT2D eigenvalue weighted by atomic mass is 16.4. The van der Waals surface area contributed by atoms with Crippen LogP contribution in [0.1, 0.15) is 23.6 Å². The zero-order valence-corrected chi connectivity index (χ0v) is 11.7. The molecular weight excluding hydrogens is 270 g/mol. The number of carbonyl (C=O) groups excluding carboxylic acids is 1. The number of nitrogens with zero attached hydrogens (tertiary/aromatic N) is 2. The Balaban J connectivity index is 1.94. The van der Waals surface area contributed by atoms with E-state index in [4.69, 9.17) is 0 Å². The van der Waals surface area contributed by atoms with Crippen molar-refractivity contribution < 1.29 is 14.7 Å². The monoisotopic (exact) mass is 287 g/mol. The van der Waals surface area contributed by atoms with Gasteiger partial charge in [-0.15, -0.1) is 0 Å². The molecule has 2 N–H and O–H groups in total. The van der Waals surface area contributed by atoms with Gasteiger partial charge in [0.1, 0.15) is 0 Å². The Bertz CT molecular complexity index is 622. The molecule has 21 heavy (non-hydrogen) atoms. The number of nitrogens with one attached hydrogen (secondary N) is 1. The Morgan fingerprint density at radius 2 is 2.05 bits per heavy atom. The summed E-state index contributed by atoms with van der Waals surface area (Å²) in [4.78, 5) is 23.2. The first kappa shape index (κ1) is 14.8. The van der Waals surface area contributed by atoms with Crippen molar-refractivity contribution in [2.45, 2.75) is 18.9 Å². The van der Waals surface area contributed by atoms with Crippen molar-refractivity contribution in [2.75, 3.05) is 0 Å². The second kappa shape index (κ2) is 6.69. The molecule has 0 spiro atoms. The number of amides is 1. The molecule has 2 aromatic rings. The van der Waals surface area contributed by atoms with Crippen molar-refractivity contribution in [3.63, 3.8) is 0 Å². The van der Waals surface area contributed by atoms with Gasteiger partial charge in [-0.25, -0.2) is 4.79 Å². The average Bonchev–Trinajstić information content (AvgIpc) is 2.89. The van der Waals surface area contributed by atoms with Gasteiger partial charge in [0.15, 0.2) is 6.04 Å². The molecule has 1 atom stereocenters. The molecule has 110 valence electrons. The van der Waals surface area contributed by atoms with E-state index in [9.17, 15) is 14.7 Å². The number of carboxylic acids is 1. The van der Waals surface area contributed by atoms with Crippen LogP contribution in [0.3, 0.4) is 0 Å². The molecule has 0 aliphatic carbocycles. The van der Waals surface area contributed by atoms with E-state index in [2.05, 4.69) is 10.4 Å². The van der Waals surface area contributed by atoms with Crippen LogP contribution < -0.4 is 5.32 Å². The molecule has 6 nitrogen and oxygen atoms in total. The fourth-order valence-electron chi connectivity index (χ4n) is 2.03. The molecule has 0 radical (unpaired) electrons. The first-order chi connectivity index (χ1) is 10.1. The second-order valence-electron chi connectivity index (χ2n) is 4.77. The van der Waals surface area contributed by atoms with Crippen LogP contribution in [-0.2, 0) is 23.1 Å². The molecule has 0 aliphatic heterocycles. The number of rotatable bonds is 6. The molecule has 0 saturated carbocycles. The van der Waals surface area contributed by atoms with Crippen molar-refractivity contribution in [1.29, 1.82) is 0 Å². The number of aryl methyl sites for hydroxylation is 2. The number of carbonyl (C=O) groups is 2. The van der Waals surface area contributed by atoms with Gasteiger partial charge in [-0.3, -0.25) is 9.48 Å². The molecule has 0 aliphatic rings. The SMILES string of the molecule is Cn1cc(CCC(=O)N[C@@H](C(=O)O)c2ccccc2)cn1. The maximum Gasteiger partial charge on any atom is 0.330 e. The highest BCUT2D eigenvalue weighted by molar-refractivity contribution is 5.84. The van der Waals surface area contributed by atoms with Crippen LogP contribution in [0.4, 0.5) is 0 Å². The Hall–Kier alpha value is -2.63. The van der Waals surface area contributed by atoms with Gasteiger partial charge in [0, 0.05) is 19.7 Å². The number of hydrogen-bond donors (Lipinski definition) is 2. The maximum absolute atomic E-state index is 11.9. The lowest BCUT2D eigenvalue weighted by atomic mass is 10.1. The summed E-state index contributed by atoms with van der Waals surface area (Å²) in [5.41, 5.74) is 1.50. The van der Waals surface area contributed by atoms with Crippen molar-refractivity contribution in [2.24, 2.45) is 7.05 Å². The third kappa shape index (κ3) is 4.17. The first-order valence-electron chi connectivity index (χ1n) is 6.61. The highest BCUT2D eigenvalue weighted by Crippen LogP contribution is 2.13. The van der Waals surface area contributed by atoms with Crippen LogP contribution in [0, 0.1) is 0 Å². The number of aromatic nitrogens is 2. The minimum atomic E-state index is -1.07. The Kier molecular flexibility index (Phi) is 4.71. The van der Waals surface area contributed by atoms with Gasteiger partial charge < -0.3 is 10.4 Å². The van der Waals surface area contributed by atoms with Crippen molar-refractivity contribution in [3.8, 4) is 0 Å². The van der Waals surface area contributed by atoms with Crippen molar-refractivity contribution in [3.05, 3.63) is 53.9 Å². The molecule has 1 heterocycles. The van der Waals surface area contributed by atoms with Gasteiger partial charge in [-0.2, -0.15) is 5.10 Å². The summed E-state index contributed by atoms with van der Waals surface area (Å²) in [6.07, 6.45) is 4.28. The lowest BCUT2D eigenvalue weighted by Gasteiger charge is -2.14. The molecule has 6 heteroatoms. The summed E-state index contributed by atoms with van der Waals surface area (Å²) in [7, 11) is 1.80. The number of benzene rings is 1. The van der Waals surface area contributed by atoms with E-state index >= 15 is 0 Å². The first-order valence-corrected chi connectivity index (χ1v) is 6.61. The summed E-state index contributed by atoms with van der Waals surface area (Å²) in [5.74, 6) is -1.37. The summed E-state index contributed by atoms with van der Waals surface area (Å²) in [5, 5.41) is 15.8. The Morgan fingerprint density at radius 1 is 1.33 bits per heavy atom. The number of aliphatic carboxylic acids is 1. The molecule has 1 aromatic heterocycles. The van der Waals surface area contributed by atoms with E-state index in [1.807, 2.05) is 6.20 Å². The second-order valence-corrected chi connectivity index (χ2v) is 4.77. The van der Waals surface area contributed by atoms with E-state index in [-0.39, 0.29) is 12.3 Å². The summed E-state index contributed by atoms with van der Waals surface area (Å²) in [6, 6.07) is 7.63. The van der Waals surface area contributed by atoms with E-state index in [1.54, 1.807) is 48.3 Å². The number of hydrogen-bond acceptors (Lipinski definition) is 3. The van der Waals surface area contributed by atoms with Crippen LogP contribution in [0.2, 0.25) is 0 Å². The topological polar surface area (TPSA) is 84.2 Å². The van der Waals surface area contributed by atoms with Gasteiger partial charge in [-0.1, -0.05) is 30.3 Å². The average molecular weight is 287 g/mol. The minimum absolute atomic E-state index is 0.225. The van der Waals surface area contributed by atoms with Gasteiger partial charge in [0.05, 0.1) is 6.20 Å². The van der Waals surface area contributed by atoms with Crippen LogP contribution in [0.5, 0.6) is 0 Å². The molecule has 0 unspecified atom stereocenters. The summed E-state index contributed by atoms with van der Waals surface area (Å²) >= 11 is 0. The van der Waals surface area contributed by atoms with E-state index in [1.165, 1.54) is 0 Å². The molecule has 0 bridgehead atoms. The standard InChI is InChI=1S/C15H17N3O3/c1-18-10-11(9-16-18)7-8-13(19)17-14(15(20)21)12-5-3-2-4-6-12/h2-6,9-10,14H,7-8H2,1H3,(H,17,19)(H,20,21)/t14-/m1/s1. The van der Waals surface area contributed by atoms with Gasteiger partial charge in [-0.05, 0) is 17.5 Å². The van der Waals surface area contributed by atoms with Gasteiger partial charge in [0.2, 0.25) is 5.91 Å². The minimum Gasteiger partial charge on any atom is -0.479 e. The van der Waals surface area contributed by atoms with Crippen molar-refractivity contribution >= 4 is 11.9 Å². The Labute approximate surface area is 122 Å². The molecule has 0 saturated heterocycles. The smallest absolute Gasteiger partial charge is 0.330 e. The molecule has 1 amide bonds. The highest BCUT2D eigenvalue weighted by Gasteiger charge is 2.21. The quantitative estimate of drug-likeness (QED) is 0.838. The lowest BCUT2D eigenvalue weighted by molar-refractivity contribution is -0.142. The zero-order chi connectivity index (χ0) is 15.2. The van der Waals surface area contributed by atoms with Crippen LogP contribution in [0.15, 0.2) is 42.7 Å². The predicted octanol–water partition coefficient (Wildman–Crippen LogP) is 1.29. The van der Waals surface area contributed by atoms with Crippen molar-refractivity contribution in [1.82, 2.24) is 15.1 Å². The third-order valence-corrected chi connectivity index (χ3v) is 3.08. The maximum atomic E-state index is 11.9. The summed E-state index contributed by atoms with van der Waals surface area (Å²) < 4.78 is 1.66. The largest absolute Gasteiger partial charge is 0.479 e. The molecule has 2 rings (SSSR count). The number of carboxylic acid groups (broad SMARTS) is 1. The van der Waals surface area contributed by atoms with E-state index in [0.29, 0.717) is 12.0 Å². The van der Waals surface area contributed by atoms with Crippen LogP contribution in [0.25, 0.3) is 0 Å². The molecule has 0 fully saturated rings. The Morgan fingerprint density at radius 3 is 2.62 bits per heavy atom. The molecule has 1 aromatic carbocycles.